The van der Waals surface area contributed by atoms with Gasteiger partial charge >= 0.3 is 0 Å². The van der Waals surface area contributed by atoms with Crippen molar-refractivity contribution in [2.45, 2.75) is 24.9 Å². The molecule has 0 aliphatic carbocycles. The highest BCUT2D eigenvalue weighted by Gasteiger charge is 2.19. The number of rotatable bonds is 11. The summed E-state index contributed by atoms with van der Waals surface area (Å²) >= 11 is 13.5. The van der Waals surface area contributed by atoms with E-state index in [4.69, 9.17) is 27.6 Å². The first kappa shape index (κ1) is 28.3. The normalized spacial score (nSPS) is 12.3. The van der Waals surface area contributed by atoms with Crippen LogP contribution in [0.2, 0.25) is 10.0 Å². The third-order valence-electron chi connectivity index (χ3n) is 5.95. The first-order valence-electron chi connectivity index (χ1n) is 12.0. The second kappa shape index (κ2) is 12.9. The molecule has 200 valence electrons. The average molecular weight is 575 g/mol. The number of fused-ring (bicyclic) bond motifs is 1. The number of aliphatic hydroxyl groups is 1. The summed E-state index contributed by atoms with van der Waals surface area (Å²) in [6, 6.07) is 16.5. The van der Waals surface area contributed by atoms with Crippen molar-refractivity contribution < 1.29 is 14.3 Å². The number of nitrogens with zero attached hydrogens (tertiary/aromatic N) is 2. The number of aliphatic hydroxyl groups excluding tert-OH is 1. The van der Waals surface area contributed by atoms with Crippen LogP contribution in [0.5, 0.6) is 0 Å². The summed E-state index contributed by atoms with van der Waals surface area (Å²) in [7, 11) is 3.62. The molecule has 4 aromatic rings. The van der Waals surface area contributed by atoms with Gasteiger partial charge in [-0.2, -0.15) is 11.8 Å². The Bertz CT molecular complexity index is 1450. The molecule has 0 aliphatic rings. The molecule has 0 saturated carbocycles. The minimum atomic E-state index is -0.524. The number of furan rings is 1. The fourth-order valence-corrected chi connectivity index (χ4v) is 5.24. The van der Waals surface area contributed by atoms with Gasteiger partial charge in [-0.3, -0.25) is 14.5 Å². The van der Waals surface area contributed by atoms with Gasteiger partial charge in [0.25, 0.3) is 5.91 Å². The molecule has 10 heteroatoms. The summed E-state index contributed by atoms with van der Waals surface area (Å²) in [4.78, 5) is 27.8. The first-order valence-corrected chi connectivity index (χ1v) is 13.9. The van der Waals surface area contributed by atoms with Crippen LogP contribution in [0.3, 0.4) is 0 Å². The molecule has 0 radical (unpaired) electrons. The molecule has 2 aromatic carbocycles. The van der Waals surface area contributed by atoms with Crippen LogP contribution in [0, 0.1) is 0 Å². The van der Waals surface area contributed by atoms with Crippen molar-refractivity contribution in [2.24, 2.45) is 7.05 Å². The van der Waals surface area contributed by atoms with Crippen molar-refractivity contribution in [3.63, 3.8) is 0 Å². The minimum absolute atomic E-state index is 0.0443. The zero-order valence-electron chi connectivity index (χ0n) is 21.1. The van der Waals surface area contributed by atoms with Gasteiger partial charge < -0.3 is 19.4 Å². The Hall–Kier alpha value is -2.75. The fourth-order valence-electron chi connectivity index (χ4n) is 4.07. The van der Waals surface area contributed by atoms with Crippen molar-refractivity contribution in [3.05, 3.63) is 104 Å². The van der Waals surface area contributed by atoms with Gasteiger partial charge in [-0.25, -0.2) is 0 Å². The molecule has 1 unspecified atom stereocenters. The number of hydrogen-bond donors (Lipinski definition) is 2. The molecule has 1 amide bonds. The summed E-state index contributed by atoms with van der Waals surface area (Å²) in [5.74, 6) is 1.50. The van der Waals surface area contributed by atoms with E-state index in [1.54, 1.807) is 41.6 Å². The first-order chi connectivity index (χ1) is 18.2. The van der Waals surface area contributed by atoms with Crippen LogP contribution < -0.4 is 10.7 Å². The third-order valence-corrected chi connectivity index (χ3v) is 7.61. The van der Waals surface area contributed by atoms with Crippen LogP contribution in [0.15, 0.2) is 70.0 Å². The molecule has 4 rings (SSSR count). The van der Waals surface area contributed by atoms with E-state index in [-0.39, 0.29) is 17.5 Å². The van der Waals surface area contributed by atoms with Crippen LogP contribution in [0.1, 0.15) is 27.2 Å². The predicted octanol–water partition coefficient (Wildman–Crippen LogP) is 5.09. The third kappa shape index (κ3) is 7.42. The number of carbonyl (C=O) groups excluding carboxylic acids is 1. The number of benzene rings is 2. The molecule has 38 heavy (non-hydrogen) atoms. The van der Waals surface area contributed by atoms with Crippen molar-refractivity contribution in [1.29, 1.82) is 0 Å². The van der Waals surface area contributed by atoms with Gasteiger partial charge in [-0.1, -0.05) is 47.5 Å². The van der Waals surface area contributed by atoms with E-state index >= 15 is 0 Å². The van der Waals surface area contributed by atoms with Gasteiger partial charge in [0.05, 0.1) is 18.0 Å². The number of likely N-dealkylation sites (N-methyl/N-ethyl adjacent to an activating group) is 1. The molecular formula is C28H29Cl2N3O4S. The highest BCUT2D eigenvalue weighted by atomic mass is 35.5. The smallest absolute Gasteiger partial charge is 0.257 e. The highest BCUT2D eigenvalue weighted by Crippen LogP contribution is 2.20. The van der Waals surface area contributed by atoms with Gasteiger partial charge in [-0.05, 0) is 48.5 Å². The number of aromatic nitrogens is 1. The topological polar surface area (TPSA) is 87.7 Å². The van der Waals surface area contributed by atoms with Crippen molar-refractivity contribution in [2.75, 3.05) is 19.3 Å². The lowest BCUT2D eigenvalue weighted by Crippen LogP contribution is -2.30. The van der Waals surface area contributed by atoms with Gasteiger partial charge in [0.2, 0.25) is 11.1 Å². The maximum absolute atomic E-state index is 13.1. The van der Waals surface area contributed by atoms with E-state index < -0.39 is 12.0 Å². The zero-order valence-corrected chi connectivity index (χ0v) is 23.4. The van der Waals surface area contributed by atoms with Crippen LogP contribution in [-0.2, 0) is 25.9 Å². The maximum Gasteiger partial charge on any atom is 0.257 e. The summed E-state index contributed by atoms with van der Waals surface area (Å²) in [6.07, 6.45) is 0.962. The van der Waals surface area contributed by atoms with E-state index in [0.717, 1.165) is 16.9 Å². The summed E-state index contributed by atoms with van der Waals surface area (Å²) < 4.78 is 7.57. The number of amides is 1. The van der Waals surface area contributed by atoms with Crippen LogP contribution in [-0.4, -0.2) is 45.9 Å². The number of carbonyl (C=O) groups is 1. The molecule has 2 N–H and O–H groups in total. The van der Waals surface area contributed by atoms with E-state index in [1.165, 1.54) is 6.20 Å². The van der Waals surface area contributed by atoms with Gasteiger partial charge in [0.1, 0.15) is 11.3 Å². The highest BCUT2D eigenvalue weighted by molar-refractivity contribution is 7.98. The van der Waals surface area contributed by atoms with Crippen molar-refractivity contribution in [1.82, 2.24) is 14.8 Å². The Kier molecular flexibility index (Phi) is 9.57. The molecule has 0 saturated heterocycles. The average Bonchev–Trinajstić information content (AvgIpc) is 3.31. The minimum Gasteiger partial charge on any atom is -0.443 e. The second-order valence-electron chi connectivity index (χ2n) is 9.22. The standard InChI is InChI=1S/C28H29Cl2N3O4S/c1-32(13-22(34)17-38-16-19-5-9-21(30)10-6-19)14-23-11-24-26(35)25(15-33(2)28(24)37-23)27(36)31-12-18-3-7-20(29)8-4-18/h3-11,15,22,34H,12-14,16-17H2,1-2H3,(H,31,36). The Morgan fingerprint density at radius 2 is 1.74 bits per heavy atom. The largest absolute Gasteiger partial charge is 0.443 e. The van der Waals surface area contributed by atoms with E-state index in [0.29, 0.717) is 45.7 Å². The molecule has 1 atom stereocenters. The van der Waals surface area contributed by atoms with E-state index in [9.17, 15) is 14.7 Å². The number of nitrogens with one attached hydrogen (secondary N) is 1. The SMILES string of the molecule is CN(Cc1cc2c(=O)c(C(=O)NCc3ccc(Cl)cc3)cn(C)c2o1)CC(O)CSCc1ccc(Cl)cc1. The molecule has 0 spiro atoms. The maximum atomic E-state index is 13.1. The molecule has 7 nitrogen and oxygen atoms in total. The lowest BCUT2D eigenvalue weighted by atomic mass is 10.2. The lowest BCUT2D eigenvalue weighted by molar-refractivity contribution is 0.0949. The van der Waals surface area contributed by atoms with Gasteiger partial charge in [-0.15, -0.1) is 0 Å². The van der Waals surface area contributed by atoms with Crippen LogP contribution >= 0.6 is 35.0 Å². The molecule has 2 heterocycles. The number of aryl methyl sites for hydroxylation is 1. The van der Waals surface area contributed by atoms with Crippen LogP contribution in [0.25, 0.3) is 11.1 Å². The Labute approximate surface area is 235 Å². The lowest BCUT2D eigenvalue weighted by Gasteiger charge is -2.19. The monoisotopic (exact) mass is 573 g/mol. The second-order valence-corrected chi connectivity index (χ2v) is 11.1. The van der Waals surface area contributed by atoms with Crippen LogP contribution in [0.4, 0.5) is 0 Å². The fraction of sp³-hybridized carbons (Fsp3) is 0.286. The summed E-state index contributed by atoms with van der Waals surface area (Å²) in [5, 5.41) is 14.9. The predicted molar refractivity (Wildman–Crippen MR) is 154 cm³/mol. The Balaban J connectivity index is 1.34. The van der Waals surface area contributed by atoms with Gasteiger partial charge in [0.15, 0.2) is 0 Å². The van der Waals surface area contributed by atoms with Gasteiger partial charge in [0, 0.05) is 47.9 Å². The Morgan fingerprint density at radius 3 is 2.39 bits per heavy atom. The number of thioether (sulfide) groups is 1. The number of halogens is 2. The molecule has 2 aromatic heterocycles. The molecule has 0 aliphatic heterocycles. The summed E-state index contributed by atoms with van der Waals surface area (Å²) in [5.41, 5.74) is 2.08. The molecule has 0 bridgehead atoms. The molecule has 0 fully saturated rings. The van der Waals surface area contributed by atoms with Crippen molar-refractivity contribution in [3.8, 4) is 0 Å². The van der Waals surface area contributed by atoms with E-state index in [1.807, 2.05) is 48.3 Å². The zero-order chi connectivity index (χ0) is 27.2. The number of hydrogen-bond acceptors (Lipinski definition) is 6. The van der Waals surface area contributed by atoms with Crippen molar-refractivity contribution >= 4 is 52.0 Å². The Morgan fingerprint density at radius 1 is 1.11 bits per heavy atom. The molecular weight excluding hydrogens is 545 g/mol. The summed E-state index contributed by atoms with van der Waals surface area (Å²) in [6.45, 7) is 1.13. The number of pyridine rings is 1. The quantitative estimate of drug-likeness (QED) is 0.260. The van der Waals surface area contributed by atoms with E-state index in [2.05, 4.69) is 5.32 Å².